The Balaban J connectivity index is 2.22. The van der Waals surface area contributed by atoms with Gasteiger partial charge in [-0.2, -0.15) is 10.2 Å². The van der Waals surface area contributed by atoms with Crippen LogP contribution in [0.15, 0.2) is 36.4 Å². The minimum atomic E-state index is -0.433. The Kier molecular flexibility index (Phi) is 5.00. The number of aliphatic hydroxyl groups excluding tert-OH is 1. The molecule has 0 spiro atoms. The quantitative estimate of drug-likeness (QED) is 0.878. The van der Waals surface area contributed by atoms with E-state index in [1.54, 1.807) is 13.0 Å². The van der Waals surface area contributed by atoms with Crippen LogP contribution in [-0.4, -0.2) is 27.8 Å². The molecule has 1 atom stereocenters. The minimum Gasteiger partial charge on any atom is -0.394 e. The van der Waals surface area contributed by atoms with Crippen LogP contribution in [0, 0.1) is 6.92 Å². The third kappa shape index (κ3) is 3.64. The highest BCUT2D eigenvalue weighted by molar-refractivity contribution is 5.95. The lowest BCUT2D eigenvalue weighted by Gasteiger charge is -2.17. The van der Waals surface area contributed by atoms with E-state index in [0.29, 0.717) is 23.4 Å². The molecule has 0 aliphatic carbocycles. The van der Waals surface area contributed by atoms with Crippen LogP contribution < -0.4 is 5.32 Å². The summed E-state index contributed by atoms with van der Waals surface area (Å²) in [7, 11) is 0. The number of aromatic nitrogens is 2. The van der Waals surface area contributed by atoms with Gasteiger partial charge in [-0.15, -0.1) is 0 Å². The molecule has 0 fully saturated rings. The molecule has 5 heteroatoms. The van der Waals surface area contributed by atoms with Crippen LogP contribution in [0.25, 0.3) is 0 Å². The molecule has 0 saturated carbocycles. The predicted molar refractivity (Wildman–Crippen MR) is 79.9 cm³/mol. The molecule has 0 unspecified atom stereocenters. The van der Waals surface area contributed by atoms with Gasteiger partial charge in [0, 0.05) is 0 Å². The highest BCUT2D eigenvalue weighted by atomic mass is 16.3. The third-order valence-corrected chi connectivity index (χ3v) is 3.26. The summed E-state index contributed by atoms with van der Waals surface area (Å²) in [5.41, 5.74) is 2.73. The molecule has 0 saturated heterocycles. The molecule has 2 aromatic rings. The monoisotopic (exact) mass is 285 g/mol. The number of nitrogens with one attached hydrogen (secondary N) is 1. The van der Waals surface area contributed by atoms with Gasteiger partial charge in [0.1, 0.15) is 0 Å². The van der Waals surface area contributed by atoms with E-state index in [1.165, 1.54) is 0 Å². The molecule has 110 valence electrons. The maximum Gasteiger partial charge on any atom is 0.253 e. The van der Waals surface area contributed by atoms with Crippen molar-refractivity contribution >= 4 is 5.91 Å². The molecule has 2 N–H and O–H groups in total. The lowest BCUT2D eigenvalue weighted by Crippen LogP contribution is -2.31. The number of aryl methyl sites for hydroxylation is 2. The average molecular weight is 285 g/mol. The molecule has 0 bridgehead atoms. The molecule has 1 heterocycles. The van der Waals surface area contributed by atoms with Gasteiger partial charge in [0.15, 0.2) is 0 Å². The third-order valence-electron chi connectivity index (χ3n) is 3.26. The molecule has 0 radical (unpaired) electrons. The van der Waals surface area contributed by atoms with Crippen molar-refractivity contribution < 1.29 is 9.90 Å². The summed E-state index contributed by atoms with van der Waals surface area (Å²) in [6.45, 7) is 3.56. The number of rotatable bonds is 5. The van der Waals surface area contributed by atoms with Gasteiger partial charge in [-0.1, -0.05) is 37.3 Å². The van der Waals surface area contributed by atoms with Crippen LogP contribution in [0.5, 0.6) is 0 Å². The fourth-order valence-electron chi connectivity index (χ4n) is 2.13. The van der Waals surface area contributed by atoms with E-state index < -0.39 is 6.04 Å². The van der Waals surface area contributed by atoms with Crippen molar-refractivity contribution in [2.24, 2.45) is 0 Å². The predicted octanol–water partition coefficient (Wildman–Crippen LogP) is 1.81. The first-order valence-electron chi connectivity index (χ1n) is 6.95. The second-order valence-corrected chi connectivity index (χ2v) is 4.82. The molecular formula is C16H19N3O2. The van der Waals surface area contributed by atoms with Crippen molar-refractivity contribution in [3.05, 3.63) is 58.9 Å². The molecule has 21 heavy (non-hydrogen) atoms. The molecule has 0 aliphatic heterocycles. The van der Waals surface area contributed by atoms with Gasteiger partial charge in [-0.05, 0) is 25.0 Å². The zero-order chi connectivity index (χ0) is 15.2. The van der Waals surface area contributed by atoms with Gasteiger partial charge in [0.05, 0.1) is 29.6 Å². The van der Waals surface area contributed by atoms with Crippen molar-refractivity contribution in [3.63, 3.8) is 0 Å². The van der Waals surface area contributed by atoms with E-state index in [0.717, 1.165) is 5.56 Å². The number of benzene rings is 1. The maximum atomic E-state index is 12.4. The maximum absolute atomic E-state index is 12.4. The van der Waals surface area contributed by atoms with E-state index >= 15 is 0 Å². The molecule has 1 amide bonds. The normalized spacial score (nSPS) is 12.0. The largest absolute Gasteiger partial charge is 0.394 e. The summed E-state index contributed by atoms with van der Waals surface area (Å²) in [6, 6.07) is 10.7. The molecular weight excluding hydrogens is 266 g/mol. The minimum absolute atomic E-state index is 0.158. The highest BCUT2D eigenvalue weighted by Crippen LogP contribution is 2.14. The Morgan fingerprint density at radius 2 is 2.00 bits per heavy atom. The second kappa shape index (κ2) is 6.95. The standard InChI is InChI=1S/C16H19N3O2/c1-3-14-13(9-11(2)18-19-14)16(21)17-15(10-20)12-7-5-4-6-8-12/h4-9,15,20H,3,10H2,1-2H3,(H,17,21)/t15-/m1/s1. The number of nitrogens with zero attached hydrogens (tertiary/aromatic N) is 2. The first kappa shape index (κ1) is 15.1. The van der Waals surface area contributed by atoms with Gasteiger partial charge < -0.3 is 10.4 Å². The Labute approximate surface area is 124 Å². The Bertz CT molecular complexity index is 614. The van der Waals surface area contributed by atoms with Crippen molar-refractivity contribution in [2.45, 2.75) is 26.3 Å². The molecule has 1 aromatic carbocycles. The lowest BCUT2D eigenvalue weighted by molar-refractivity contribution is 0.0914. The number of amides is 1. The van der Waals surface area contributed by atoms with Crippen LogP contribution in [0.1, 0.15) is 40.3 Å². The summed E-state index contributed by atoms with van der Waals surface area (Å²) in [6.07, 6.45) is 0.630. The van der Waals surface area contributed by atoms with Gasteiger partial charge >= 0.3 is 0 Å². The van der Waals surface area contributed by atoms with Gasteiger partial charge in [-0.25, -0.2) is 0 Å². The summed E-state index contributed by atoms with van der Waals surface area (Å²) < 4.78 is 0. The second-order valence-electron chi connectivity index (χ2n) is 4.82. The SMILES string of the molecule is CCc1nnc(C)cc1C(=O)N[C@H](CO)c1ccccc1. The zero-order valence-electron chi connectivity index (χ0n) is 12.2. The van der Waals surface area contributed by atoms with Crippen LogP contribution in [-0.2, 0) is 6.42 Å². The van der Waals surface area contributed by atoms with Gasteiger partial charge in [-0.3, -0.25) is 4.79 Å². The van der Waals surface area contributed by atoms with E-state index in [-0.39, 0.29) is 12.5 Å². The lowest BCUT2D eigenvalue weighted by atomic mass is 10.1. The average Bonchev–Trinajstić information content (AvgIpc) is 2.53. The van der Waals surface area contributed by atoms with Crippen molar-refractivity contribution in [3.8, 4) is 0 Å². The zero-order valence-corrected chi connectivity index (χ0v) is 12.2. The van der Waals surface area contributed by atoms with Gasteiger partial charge in [0.2, 0.25) is 0 Å². The van der Waals surface area contributed by atoms with E-state index in [9.17, 15) is 9.90 Å². The molecule has 0 aliphatic rings. The fraction of sp³-hybridized carbons (Fsp3) is 0.312. The van der Waals surface area contributed by atoms with E-state index in [1.807, 2.05) is 37.3 Å². The fourth-order valence-corrected chi connectivity index (χ4v) is 2.13. The number of hydrogen-bond donors (Lipinski definition) is 2. The summed E-state index contributed by atoms with van der Waals surface area (Å²) in [5, 5.41) is 20.4. The number of carbonyl (C=O) groups is 1. The van der Waals surface area contributed by atoms with Crippen LogP contribution in [0.2, 0.25) is 0 Å². The topological polar surface area (TPSA) is 75.1 Å². The summed E-state index contributed by atoms with van der Waals surface area (Å²) >= 11 is 0. The van der Waals surface area contributed by atoms with E-state index in [2.05, 4.69) is 15.5 Å². The Hall–Kier alpha value is -2.27. The summed E-state index contributed by atoms with van der Waals surface area (Å²) in [4.78, 5) is 12.4. The summed E-state index contributed by atoms with van der Waals surface area (Å²) in [5.74, 6) is -0.243. The Morgan fingerprint density at radius 1 is 1.29 bits per heavy atom. The highest BCUT2D eigenvalue weighted by Gasteiger charge is 2.18. The smallest absolute Gasteiger partial charge is 0.253 e. The number of hydrogen-bond acceptors (Lipinski definition) is 4. The van der Waals surface area contributed by atoms with E-state index in [4.69, 9.17) is 0 Å². The van der Waals surface area contributed by atoms with Crippen molar-refractivity contribution in [2.75, 3.05) is 6.61 Å². The van der Waals surface area contributed by atoms with Gasteiger partial charge in [0.25, 0.3) is 5.91 Å². The molecule has 2 rings (SSSR count). The van der Waals surface area contributed by atoms with Crippen LogP contribution >= 0.6 is 0 Å². The first-order valence-corrected chi connectivity index (χ1v) is 6.95. The molecule has 1 aromatic heterocycles. The number of carbonyl (C=O) groups excluding carboxylic acids is 1. The first-order chi connectivity index (χ1) is 10.2. The van der Waals surface area contributed by atoms with Crippen LogP contribution in [0.4, 0.5) is 0 Å². The Morgan fingerprint density at radius 3 is 2.62 bits per heavy atom. The van der Waals surface area contributed by atoms with Crippen molar-refractivity contribution in [1.82, 2.24) is 15.5 Å². The molecule has 5 nitrogen and oxygen atoms in total. The number of aliphatic hydroxyl groups is 1. The van der Waals surface area contributed by atoms with Crippen molar-refractivity contribution in [1.29, 1.82) is 0 Å². The van der Waals surface area contributed by atoms with Crippen LogP contribution in [0.3, 0.4) is 0 Å².